The Labute approximate surface area is 122 Å². The topological polar surface area (TPSA) is 23.5 Å². The van der Waals surface area contributed by atoms with E-state index < -0.39 is 24.5 Å². The minimum Gasteiger partial charge on any atom is -0.378 e. The van der Waals surface area contributed by atoms with Gasteiger partial charge in [-0.05, 0) is 31.3 Å². The Morgan fingerprint density at radius 3 is 2.71 bits per heavy atom. The van der Waals surface area contributed by atoms with Crippen molar-refractivity contribution in [1.82, 2.24) is 4.90 Å². The van der Waals surface area contributed by atoms with E-state index in [0.29, 0.717) is 31.0 Å². The van der Waals surface area contributed by atoms with Crippen LogP contribution < -0.4 is 0 Å². The van der Waals surface area contributed by atoms with Crippen LogP contribution in [0.25, 0.3) is 0 Å². The number of rotatable bonds is 3. The summed E-state index contributed by atoms with van der Waals surface area (Å²) in [7, 11) is 0. The zero-order valence-corrected chi connectivity index (χ0v) is 12.0. The fraction of sp³-hybridized carbons (Fsp3) is 0.733. The number of likely N-dealkylation sites (tertiary alicyclic amines) is 1. The zero-order chi connectivity index (χ0) is 15.7. The van der Waals surface area contributed by atoms with Crippen LogP contribution in [0.1, 0.15) is 32.6 Å². The number of hydrogen-bond donors (Lipinski definition) is 1. The molecule has 0 saturated carbocycles. The van der Waals surface area contributed by atoms with E-state index >= 15 is 0 Å². The first-order chi connectivity index (χ1) is 9.77. The zero-order valence-electron chi connectivity index (χ0n) is 12.0. The first-order valence-electron chi connectivity index (χ1n) is 7.33. The normalized spacial score (nSPS) is 34.9. The lowest BCUT2D eigenvalue weighted by molar-refractivity contribution is -0.212. The first-order valence-corrected chi connectivity index (χ1v) is 7.33. The maximum atomic E-state index is 14.1. The molecule has 1 aliphatic carbocycles. The van der Waals surface area contributed by atoms with Crippen LogP contribution in [0.5, 0.6) is 0 Å². The predicted octanol–water partition coefficient (Wildman–Crippen LogP) is 3.58. The van der Waals surface area contributed by atoms with Crippen molar-refractivity contribution in [1.29, 1.82) is 0 Å². The van der Waals surface area contributed by atoms with E-state index in [1.807, 2.05) is 11.8 Å². The standard InChI is InChI=1S/C15H21F4NO/c1-2-7-20-8-5-11(9-13(20)21)12-4-3-6-14(16,10-12)15(17,18)19/h3-4,6,11,13,21H,2,5,7-10H2,1H3. The third kappa shape index (κ3) is 3.48. The lowest BCUT2D eigenvalue weighted by Gasteiger charge is -2.39. The average Bonchev–Trinajstić information content (AvgIpc) is 2.40. The molecule has 1 N–H and O–H groups in total. The Kier molecular flexibility index (Phi) is 4.78. The molecule has 0 bridgehead atoms. The minimum absolute atomic E-state index is 0.185. The van der Waals surface area contributed by atoms with Gasteiger partial charge in [0, 0.05) is 19.5 Å². The second-order valence-corrected chi connectivity index (χ2v) is 5.88. The molecule has 3 unspecified atom stereocenters. The van der Waals surface area contributed by atoms with Crippen molar-refractivity contribution in [2.45, 2.75) is 50.7 Å². The van der Waals surface area contributed by atoms with Gasteiger partial charge in [-0.25, -0.2) is 4.39 Å². The van der Waals surface area contributed by atoms with Crippen LogP contribution in [0, 0.1) is 5.92 Å². The maximum absolute atomic E-state index is 14.1. The van der Waals surface area contributed by atoms with Gasteiger partial charge in [0.1, 0.15) is 6.23 Å². The van der Waals surface area contributed by atoms with Crippen molar-refractivity contribution in [3.63, 3.8) is 0 Å². The molecular weight excluding hydrogens is 286 g/mol. The minimum atomic E-state index is -4.90. The molecule has 1 saturated heterocycles. The molecule has 3 atom stereocenters. The van der Waals surface area contributed by atoms with Crippen LogP contribution in [0.4, 0.5) is 17.6 Å². The van der Waals surface area contributed by atoms with E-state index in [-0.39, 0.29) is 5.92 Å². The van der Waals surface area contributed by atoms with Gasteiger partial charge in [-0.3, -0.25) is 4.90 Å². The summed E-state index contributed by atoms with van der Waals surface area (Å²) in [6.45, 7) is 3.41. The Hall–Kier alpha value is -0.880. The third-order valence-electron chi connectivity index (χ3n) is 4.32. The quantitative estimate of drug-likeness (QED) is 0.806. The number of allylic oxidation sites excluding steroid dienone is 4. The lowest BCUT2D eigenvalue weighted by atomic mass is 9.79. The molecule has 0 amide bonds. The van der Waals surface area contributed by atoms with Gasteiger partial charge in [0.2, 0.25) is 5.67 Å². The molecule has 1 fully saturated rings. The lowest BCUT2D eigenvalue weighted by Crippen LogP contribution is -2.45. The summed E-state index contributed by atoms with van der Waals surface area (Å²) in [6, 6.07) is 0. The summed E-state index contributed by atoms with van der Waals surface area (Å²) >= 11 is 0. The summed E-state index contributed by atoms with van der Waals surface area (Å²) in [5, 5.41) is 10.1. The molecule has 120 valence electrons. The van der Waals surface area contributed by atoms with E-state index in [1.165, 1.54) is 0 Å². The maximum Gasteiger partial charge on any atom is 0.426 e. The van der Waals surface area contributed by atoms with Crippen LogP contribution in [0.3, 0.4) is 0 Å². The van der Waals surface area contributed by atoms with Gasteiger partial charge in [0.05, 0.1) is 0 Å². The van der Waals surface area contributed by atoms with Gasteiger partial charge in [-0.15, -0.1) is 0 Å². The molecule has 0 aromatic rings. The van der Waals surface area contributed by atoms with Crippen molar-refractivity contribution in [2.75, 3.05) is 13.1 Å². The van der Waals surface area contributed by atoms with Crippen molar-refractivity contribution < 1.29 is 22.7 Å². The molecule has 0 radical (unpaired) electrons. The second kappa shape index (κ2) is 6.08. The molecule has 0 spiro atoms. The van der Waals surface area contributed by atoms with Crippen LogP contribution in [0.15, 0.2) is 23.8 Å². The van der Waals surface area contributed by atoms with Crippen LogP contribution in [-0.2, 0) is 0 Å². The van der Waals surface area contributed by atoms with E-state index in [1.54, 1.807) is 6.08 Å². The van der Waals surface area contributed by atoms with Gasteiger partial charge < -0.3 is 5.11 Å². The van der Waals surface area contributed by atoms with Crippen LogP contribution in [-0.4, -0.2) is 41.2 Å². The molecule has 2 nitrogen and oxygen atoms in total. The highest BCUT2D eigenvalue weighted by molar-refractivity contribution is 5.29. The van der Waals surface area contributed by atoms with Crippen molar-refractivity contribution in [3.8, 4) is 0 Å². The number of halogens is 4. The fourth-order valence-corrected chi connectivity index (χ4v) is 3.09. The van der Waals surface area contributed by atoms with Gasteiger partial charge in [0.25, 0.3) is 0 Å². The first kappa shape index (κ1) is 16.5. The predicted molar refractivity (Wildman–Crippen MR) is 72.3 cm³/mol. The molecular formula is C15H21F4NO. The van der Waals surface area contributed by atoms with E-state index in [4.69, 9.17) is 0 Å². The number of piperidine rings is 1. The van der Waals surface area contributed by atoms with E-state index in [0.717, 1.165) is 19.0 Å². The summed E-state index contributed by atoms with van der Waals surface area (Å²) < 4.78 is 52.4. The number of alkyl halides is 4. The average molecular weight is 307 g/mol. The second-order valence-electron chi connectivity index (χ2n) is 5.88. The number of aliphatic hydroxyl groups excluding tert-OH is 1. The molecule has 1 aliphatic heterocycles. The third-order valence-corrected chi connectivity index (χ3v) is 4.32. The van der Waals surface area contributed by atoms with Crippen LogP contribution >= 0.6 is 0 Å². The molecule has 6 heteroatoms. The SMILES string of the molecule is CCCN1CCC(C2=CC=CC(F)(C(F)(F)F)C2)CC1O. The highest BCUT2D eigenvalue weighted by Gasteiger charge is 2.55. The number of hydrogen-bond acceptors (Lipinski definition) is 2. The van der Waals surface area contributed by atoms with Crippen LogP contribution in [0.2, 0.25) is 0 Å². The van der Waals surface area contributed by atoms with E-state index in [9.17, 15) is 22.7 Å². The van der Waals surface area contributed by atoms with E-state index in [2.05, 4.69) is 0 Å². The van der Waals surface area contributed by atoms with Gasteiger partial charge in [0.15, 0.2) is 0 Å². The van der Waals surface area contributed by atoms with Crippen molar-refractivity contribution in [2.24, 2.45) is 5.92 Å². The van der Waals surface area contributed by atoms with Crippen molar-refractivity contribution >= 4 is 0 Å². The Morgan fingerprint density at radius 1 is 1.43 bits per heavy atom. The smallest absolute Gasteiger partial charge is 0.378 e. The summed E-state index contributed by atoms with van der Waals surface area (Å²) in [4.78, 5) is 1.92. The Balaban J connectivity index is 2.04. The van der Waals surface area contributed by atoms with Crippen molar-refractivity contribution in [3.05, 3.63) is 23.8 Å². The molecule has 2 rings (SSSR count). The summed E-state index contributed by atoms with van der Waals surface area (Å²) in [5.41, 5.74) is -2.82. The molecule has 21 heavy (non-hydrogen) atoms. The molecule has 1 heterocycles. The molecule has 0 aromatic carbocycles. The number of aliphatic hydroxyl groups is 1. The van der Waals surface area contributed by atoms with Gasteiger partial charge in [-0.2, -0.15) is 13.2 Å². The van der Waals surface area contributed by atoms with Gasteiger partial charge >= 0.3 is 6.18 Å². The monoisotopic (exact) mass is 307 g/mol. The Bertz CT molecular complexity index is 432. The fourth-order valence-electron chi connectivity index (χ4n) is 3.09. The molecule has 0 aromatic heterocycles. The Morgan fingerprint density at radius 2 is 2.14 bits per heavy atom. The summed E-state index contributed by atoms with van der Waals surface area (Å²) in [5.74, 6) is -0.185. The van der Waals surface area contributed by atoms with Gasteiger partial charge in [-0.1, -0.05) is 24.6 Å². The largest absolute Gasteiger partial charge is 0.426 e. The summed E-state index contributed by atoms with van der Waals surface area (Å²) in [6.07, 6.45) is -0.974. The number of nitrogens with zero attached hydrogens (tertiary/aromatic N) is 1. The highest BCUT2D eigenvalue weighted by Crippen LogP contribution is 2.44. The highest BCUT2D eigenvalue weighted by atomic mass is 19.4. The molecule has 2 aliphatic rings.